The molecule has 0 spiro atoms. The van der Waals surface area contributed by atoms with E-state index in [-0.39, 0.29) is 11.2 Å². The van der Waals surface area contributed by atoms with E-state index in [4.69, 9.17) is 5.73 Å². The maximum absolute atomic E-state index is 11.3. The molecule has 0 saturated carbocycles. The summed E-state index contributed by atoms with van der Waals surface area (Å²) in [5, 5.41) is 10.4. The Morgan fingerprint density at radius 2 is 2.25 bits per heavy atom. The van der Waals surface area contributed by atoms with E-state index in [2.05, 4.69) is 15.3 Å². The van der Waals surface area contributed by atoms with Crippen molar-refractivity contribution in [2.75, 3.05) is 18.0 Å². The molecule has 0 unspecified atom stereocenters. The number of hydrogen-bond donors (Lipinski definition) is 2. The van der Waals surface area contributed by atoms with Gasteiger partial charge in [0.05, 0.1) is 0 Å². The summed E-state index contributed by atoms with van der Waals surface area (Å²) in [6, 6.07) is 3.59. The summed E-state index contributed by atoms with van der Waals surface area (Å²) in [5.41, 5.74) is 5.95. The third kappa shape index (κ3) is 1.28. The number of aromatic nitrogens is 4. The second-order valence-corrected chi connectivity index (χ2v) is 4.50. The molecule has 16 heavy (non-hydrogen) atoms. The van der Waals surface area contributed by atoms with Gasteiger partial charge in [-0.2, -0.15) is 9.61 Å². The predicted octanol–water partition coefficient (Wildman–Crippen LogP) is -1.04. The standard InChI is InChI=1S/C9H12N6O/c1-9(10)4-14(5-9)7-3-2-6-11-12-8(16)15(6)13-7/h2-3H,4-5,10H2,1H3,(H,12,16). The molecule has 2 aromatic heterocycles. The highest BCUT2D eigenvalue weighted by atomic mass is 16.2. The lowest BCUT2D eigenvalue weighted by molar-refractivity contribution is 0.361. The Balaban J connectivity index is 2.00. The van der Waals surface area contributed by atoms with Gasteiger partial charge in [0.15, 0.2) is 5.65 Å². The second-order valence-electron chi connectivity index (χ2n) is 4.50. The number of nitrogens with two attached hydrogens (primary N) is 1. The number of nitrogens with one attached hydrogen (secondary N) is 1. The van der Waals surface area contributed by atoms with Crippen LogP contribution in [0.15, 0.2) is 16.9 Å². The van der Waals surface area contributed by atoms with Crippen molar-refractivity contribution >= 4 is 11.5 Å². The molecule has 0 radical (unpaired) electrons. The lowest BCUT2D eigenvalue weighted by Crippen LogP contribution is -2.65. The molecule has 3 rings (SSSR count). The van der Waals surface area contributed by atoms with Gasteiger partial charge in [-0.05, 0) is 19.1 Å². The number of anilines is 1. The smallest absolute Gasteiger partial charge is 0.351 e. The molecule has 3 heterocycles. The average molecular weight is 220 g/mol. The number of fused-ring (bicyclic) bond motifs is 1. The molecule has 3 N–H and O–H groups in total. The molecular weight excluding hydrogens is 208 g/mol. The fourth-order valence-electron chi connectivity index (χ4n) is 1.95. The SMILES string of the molecule is CC1(N)CN(c2ccc3n[nH]c(=O)n3n2)C1. The van der Waals surface area contributed by atoms with Crippen molar-refractivity contribution in [3.8, 4) is 0 Å². The molecule has 7 heteroatoms. The van der Waals surface area contributed by atoms with Gasteiger partial charge < -0.3 is 10.6 Å². The van der Waals surface area contributed by atoms with Crippen LogP contribution in [-0.2, 0) is 0 Å². The van der Waals surface area contributed by atoms with Crippen molar-refractivity contribution in [2.24, 2.45) is 5.73 Å². The van der Waals surface area contributed by atoms with Crippen LogP contribution in [-0.4, -0.2) is 38.4 Å². The van der Waals surface area contributed by atoms with E-state index in [9.17, 15) is 4.79 Å². The third-order valence-corrected chi connectivity index (χ3v) is 2.69. The molecule has 0 amide bonds. The van der Waals surface area contributed by atoms with E-state index in [1.54, 1.807) is 6.07 Å². The molecule has 1 saturated heterocycles. The molecule has 1 fully saturated rings. The minimum atomic E-state index is -0.326. The van der Waals surface area contributed by atoms with E-state index in [0.29, 0.717) is 5.65 Å². The fourth-order valence-corrected chi connectivity index (χ4v) is 1.95. The van der Waals surface area contributed by atoms with Crippen LogP contribution in [0.5, 0.6) is 0 Å². The fraction of sp³-hybridized carbons (Fsp3) is 0.444. The van der Waals surface area contributed by atoms with Crippen molar-refractivity contribution in [1.29, 1.82) is 0 Å². The maximum atomic E-state index is 11.3. The van der Waals surface area contributed by atoms with Gasteiger partial charge in [0.2, 0.25) is 0 Å². The molecule has 0 atom stereocenters. The van der Waals surface area contributed by atoms with Crippen molar-refractivity contribution in [3.63, 3.8) is 0 Å². The molecule has 1 aliphatic heterocycles. The van der Waals surface area contributed by atoms with Crippen LogP contribution in [0.4, 0.5) is 5.82 Å². The Labute approximate surface area is 90.9 Å². The minimum Gasteiger partial charge on any atom is -0.351 e. The first-order valence-corrected chi connectivity index (χ1v) is 5.03. The Morgan fingerprint density at radius 1 is 1.50 bits per heavy atom. The van der Waals surface area contributed by atoms with E-state index in [0.717, 1.165) is 18.9 Å². The quantitative estimate of drug-likeness (QED) is 0.640. The van der Waals surface area contributed by atoms with Crippen LogP contribution in [0.3, 0.4) is 0 Å². The van der Waals surface area contributed by atoms with Gasteiger partial charge in [-0.3, -0.25) is 0 Å². The van der Waals surface area contributed by atoms with Gasteiger partial charge in [-0.25, -0.2) is 9.89 Å². The van der Waals surface area contributed by atoms with Gasteiger partial charge in [0.25, 0.3) is 0 Å². The van der Waals surface area contributed by atoms with Crippen molar-refractivity contribution < 1.29 is 0 Å². The van der Waals surface area contributed by atoms with E-state index < -0.39 is 0 Å². The summed E-state index contributed by atoms with van der Waals surface area (Å²) in [7, 11) is 0. The summed E-state index contributed by atoms with van der Waals surface area (Å²) in [5.74, 6) is 0.749. The highest BCUT2D eigenvalue weighted by Gasteiger charge is 2.35. The van der Waals surface area contributed by atoms with Crippen LogP contribution in [0, 0.1) is 0 Å². The largest absolute Gasteiger partial charge is 0.364 e. The van der Waals surface area contributed by atoms with Crippen LogP contribution in [0.25, 0.3) is 5.65 Å². The number of rotatable bonds is 1. The summed E-state index contributed by atoms with van der Waals surface area (Å²) < 4.78 is 1.25. The number of nitrogens with zero attached hydrogens (tertiary/aromatic N) is 4. The van der Waals surface area contributed by atoms with Crippen molar-refractivity contribution in [2.45, 2.75) is 12.5 Å². The monoisotopic (exact) mass is 220 g/mol. The van der Waals surface area contributed by atoms with Gasteiger partial charge in [0.1, 0.15) is 5.82 Å². The first-order chi connectivity index (χ1) is 7.55. The predicted molar refractivity (Wildman–Crippen MR) is 58.4 cm³/mol. The van der Waals surface area contributed by atoms with Gasteiger partial charge in [-0.1, -0.05) is 0 Å². The van der Waals surface area contributed by atoms with E-state index in [1.807, 2.05) is 17.9 Å². The highest BCUT2D eigenvalue weighted by Crippen LogP contribution is 2.23. The van der Waals surface area contributed by atoms with Crippen LogP contribution < -0.4 is 16.3 Å². The Morgan fingerprint density at radius 3 is 2.94 bits per heavy atom. The zero-order valence-electron chi connectivity index (χ0n) is 8.84. The Hall–Kier alpha value is -1.89. The molecule has 0 bridgehead atoms. The lowest BCUT2D eigenvalue weighted by atomic mass is 9.94. The van der Waals surface area contributed by atoms with Gasteiger partial charge >= 0.3 is 5.69 Å². The molecular formula is C9H12N6O. The van der Waals surface area contributed by atoms with Crippen LogP contribution in [0.2, 0.25) is 0 Å². The highest BCUT2D eigenvalue weighted by molar-refractivity contribution is 5.48. The second kappa shape index (κ2) is 2.82. The zero-order chi connectivity index (χ0) is 11.3. The number of aromatic amines is 1. The summed E-state index contributed by atoms with van der Waals surface area (Å²) in [4.78, 5) is 13.4. The molecule has 7 nitrogen and oxygen atoms in total. The van der Waals surface area contributed by atoms with Gasteiger partial charge in [0, 0.05) is 18.6 Å². The molecule has 2 aromatic rings. The van der Waals surface area contributed by atoms with E-state index >= 15 is 0 Å². The summed E-state index contributed by atoms with van der Waals surface area (Å²) in [6.45, 7) is 3.49. The summed E-state index contributed by atoms with van der Waals surface area (Å²) in [6.07, 6.45) is 0. The molecule has 84 valence electrons. The van der Waals surface area contributed by atoms with Crippen LogP contribution in [0.1, 0.15) is 6.92 Å². The molecule has 1 aliphatic rings. The Bertz CT molecular complexity index is 589. The van der Waals surface area contributed by atoms with Crippen molar-refractivity contribution in [3.05, 3.63) is 22.6 Å². The summed E-state index contributed by atoms with van der Waals surface area (Å²) >= 11 is 0. The minimum absolute atomic E-state index is 0.155. The first-order valence-electron chi connectivity index (χ1n) is 5.03. The topological polar surface area (TPSA) is 92.3 Å². The third-order valence-electron chi connectivity index (χ3n) is 2.69. The van der Waals surface area contributed by atoms with Crippen LogP contribution >= 0.6 is 0 Å². The van der Waals surface area contributed by atoms with Gasteiger partial charge in [-0.15, -0.1) is 5.10 Å². The molecule has 0 aliphatic carbocycles. The number of hydrogen-bond acceptors (Lipinski definition) is 5. The van der Waals surface area contributed by atoms with E-state index in [1.165, 1.54) is 4.52 Å². The maximum Gasteiger partial charge on any atom is 0.364 e. The average Bonchev–Trinajstić information content (AvgIpc) is 2.56. The number of H-pyrrole nitrogens is 1. The Kier molecular flexibility index (Phi) is 1.65. The van der Waals surface area contributed by atoms with Crippen molar-refractivity contribution in [1.82, 2.24) is 19.8 Å². The molecule has 0 aromatic carbocycles. The zero-order valence-corrected chi connectivity index (χ0v) is 8.84. The first kappa shape index (κ1) is 9.34. The normalized spacial score (nSPS) is 18.8. The lowest BCUT2D eigenvalue weighted by Gasteiger charge is -2.45.